The Morgan fingerprint density at radius 3 is 2.77 bits per heavy atom. The molecule has 0 bridgehead atoms. The second-order valence-corrected chi connectivity index (χ2v) is 8.32. The van der Waals surface area contributed by atoms with Gasteiger partial charge in [-0.05, 0) is 24.1 Å². The fraction of sp³-hybridized carbons (Fsp3) is 0.227. The van der Waals surface area contributed by atoms with E-state index in [1.807, 2.05) is 34.9 Å². The summed E-state index contributed by atoms with van der Waals surface area (Å²) in [6.07, 6.45) is 2.53. The van der Waals surface area contributed by atoms with E-state index in [0.717, 1.165) is 6.42 Å². The maximum absolute atomic E-state index is 12.2. The highest BCUT2D eigenvalue weighted by Crippen LogP contribution is 2.28. The lowest BCUT2D eigenvalue weighted by molar-refractivity contribution is -0.118. The maximum atomic E-state index is 12.2. The van der Waals surface area contributed by atoms with Crippen molar-refractivity contribution in [2.45, 2.75) is 24.7 Å². The van der Waals surface area contributed by atoms with Crippen LogP contribution >= 0.6 is 35.0 Å². The molecule has 0 unspecified atom stereocenters. The van der Waals surface area contributed by atoms with Gasteiger partial charge in [0.2, 0.25) is 5.91 Å². The number of amides is 1. The molecule has 0 aliphatic carbocycles. The largest absolute Gasteiger partial charge is 0.484 e. The first-order chi connectivity index (χ1) is 15.1. The van der Waals surface area contributed by atoms with Crippen LogP contribution in [0.5, 0.6) is 5.75 Å². The lowest BCUT2D eigenvalue weighted by atomic mass is 10.1. The Labute approximate surface area is 195 Å². The van der Waals surface area contributed by atoms with E-state index in [1.165, 1.54) is 17.3 Å². The predicted octanol–water partition coefficient (Wildman–Crippen LogP) is 4.80. The number of benzene rings is 2. The van der Waals surface area contributed by atoms with Gasteiger partial charge in [-0.2, -0.15) is 0 Å². The van der Waals surface area contributed by atoms with E-state index in [-0.39, 0.29) is 18.3 Å². The number of nitrogens with one attached hydrogen (secondary N) is 1. The minimum Gasteiger partial charge on any atom is -0.484 e. The Balaban J connectivity index is 1.53. The van der Waals surface area contributed by atoms with E-state index in [9.17, 15) is 4.79 Å². The van der Waals surface area contributed by atoms with Gasteiger partial charge in [0.25, 0.3) is 0 Å². The van der Waals surface area contributed by atoms with Crippen LogP contribution in [-0.2, 0) is 24.4 Å². The first-order valence-corrected chi connectivity index (χ1v) is 11.3. The first-order valence-electron chi connectivity index (χ1n) is 9.61. The van der Waals surface area contributed by atoms with E-state index < -0.39 is 0 Å². The number of nitrogens with zero attached hydrogens (tertiary/aromatic N) is 3. The molecular weight excluding hydrogens is 455 g/mol. The molecule has 0 aliphatic heterocycles. The van der Waals surface area contributed by atoms with Crippen molar-refractivity contribution < 1.29 is 9.53 Å². The Morgan fingerprint density at radius 1 is 1.19 bits per heavy atom. The van der Waals surface area contributed by atoms with Gasteiger partial charge in [0.05, 0.1) is 10.8 Å². The molecule has 0 atom stereocenters. The number of hydrogen-bond donors (Lipinski definition) is 1. The zero-order valence-corrected chi connectivity index (χ0v) is 19.1. The van der Waals surface area contributed by atoms with Crippen LogP contribution in [0.1, 0.15) is 11.4 Å². The molecule has 9 heteroatoms. The Morgan fingerprint density at radius 2 is 2.00 bits per heavy atom. The third-order valence-electron chi connectivity index (χ3n) is 4.27. The molecule has 0 saturated carbocycles. The Bertz CT molecular complexity index is 1030. The highest BCUT2D eigenvalue weighted by atomic mass is 35.5. The zero-order chi connectivity index (χ0) is 22.1. The van der Waals surface area contributed by atoms with E-state index in [4.69, 9.17) is 27.9 Å². The average molecular weight is 477 g/mol. The second-order valence-electron chi connectivity index (χ2n) is 6.54. The van der Waals surface area contributed by atoms with Crippen LogP contribution in [0.4, 0.5) is 0 Å². The zero-order valence-electron chi connectivity index (χ0n) is 16.8. The molecule has 0 saturated heterocycles. The van der Waals surface area contributed by atoms with Gasteiger partial charge in [-0.1, -0.05) is 71.4 Å². The number of carbonyl (C=O) groups is 1. The number of allylic oxidation sites excluding steroid dienone is 1. The number of rotatable bonds is 11. The van der Waals surface area contributed by atoms with Crippen molar-refractivity contribution in [2.24, 2.45) is 0 Å². The van der Waals surface area contributed by atoms with Crippen LogP contribution in [0.2, 0.25) is 10.0 Å². The first kappa shape index (κ1) is 23.2. The van der Waals surface area contributed by atoms with E-state index >= 15 is 0 Å². The van der Waals surface area contributed by atoms with Gasteiger partial charge < -0.3 is 10.1 Å². The standard InChI is InChI=1S/C22H22Cl2N4O2S/c1-2-12-28-20(14-30-19-13-17(23)8-9-18(19)24)26-27-22(28)31-15-21(29)25-11-10-16-6-4-3-5-7-16/h2-9,13H,1,10-12,14-15H2,(H,25,29). The highest BCUT2D eigenvalue weighted by Gasteiger charge is 2.15. The molecule has 6 nitrogen and oxygen atoms in total. The molecule has 0 spiro atoms. The molecule has 31 heavy (non-hydrogen) atoms. The van der Waals surface area contributed by atoms with Gasteiger partial charge in [0.15, 0.2) is 11.0 Å². The van der Waals surface area contributed by atoms with Crippen LogP contribution < -0.4 is 10.1 Å². The highest BCUT2D eigenvalue weighted by molar-refractivity contribution is 7.99. The number of aromatic nitrogens is 3. The maximum Gasteiger partial charge on any atom is 0.230 e. The minimum atomic E-state index is -0.0578. The lowest BCUT2D eigenvalue weighted by Crippen LogP contribution is -2.27. The number of hydrogen-bond acceptors (Lipinski definition) is 5. The van der Waals surface area contributed by atoms with Crippen LogP contribution in [0.15, 0.2) is 66.3 Å². The van der Waals surface area contributed by atoms with Crippen LogP contribution in [0, 0.1) is 0 Å². The summed E-state index contributed by atoms with van der Waals surface area (Å²) in [5, 5.41) is 12.9. The van der Waals surface area contributed by atoms with Crippen molar-refractivity contribution in [1.29, 1.82) is 0 Å². The van der Waals surface area contributed by atoms with Crippen molar-refractivity contribution >= 4 is 40.9 Å². The molecule has 1 N–H and O–H groups in total. The van der Waals surface area contributed by atoms with Crippen LogP contribution in [-0.4, -0.2) is 33.0 Å². The summed E-state index contributed by atoms with van der Waals surface area (Å²) in [7, 11) is 0. The molecule has 1 heterocycles. The van der Waals surface area contributed by atoms with Gasteiger partial charge in [-0.15, -0.1) is 16.8 Å². The SMILES string of the molecule is C=CCn1c(COc2cc(Cl)ccc2Cl)nnc1SCC(=O)NCCc1ccccc1. The van der Waals surface area contributed by atoms with E-state index in [0.29, 0.717) is 39.9 Å². The number of carbonyl (C=O) groups excluding carboxylic acids is 1. The third kappa shape index (κ3) is 7.02. The summed E-state index contributed by atoms with van der Waals surface area (Å²) in [4.78, 5) is 12.2. The van der Waals surface area contributed by atoms with Crippen molar-refractivity contribution in [3.63, 3.8) is 0 Å². The smallest absolute Gasteiger partial charge is 0.230 e. The van der Waals surface area contributed by atoms with Crippen molar-refractivity contribution in [3.05, 3.63) is 82.6 Å². The normalized spacial score (nSPS) is 10.6. The van der Waals surface area contributed by atoms with Gasteiger partial charge >= 0.3 is 0 Å². The molecule has 0 radical (unpaired) electrons. The molecule has 3 rings (SSSR count). The van der Waals surface area contributed by atoms with Gasteiger partial charge in [0, 0.05) is 24.2 Å². The van der Waals surface area contributed by atoms with Crippen molar-refractivity contribution in [3.8, 4) is 5.75 Å². The fourth-order valence-electron chi connectivity index (χ4n) is 2.75. The average Bonchev–Trinajstić information content (AvgIpc) is 3.15. The quantitative estimate of drug-likeness (QED) is 0.317. The molecule has 1 aromatic heterocycles. The number of thioether (sulfide) groups is 1. The monoisotopic (exact) mass is 476 g/mol. The summed E-state index contributed by atoms with van der Waals surface area (Å²) in [6.45, 7) is 5.02. The second kappa shape index (κ2) is 11.8. The molecule has 0 fully saturated rings. The van der Waals surface area contributed by atoms with Crippen molar-refractivity contribution in [1.82, 2.24) is 20.1 Å². The summed E-state index contributed by atoms with van der Waals surface area (Å²) in [6, 6.07) is 15.0. The molecule has 1 amide bonds. The minimum absolute atomic E-state index is 0.0578. The Hall–Kier alpha value is -2.48. The molecule has 3 aromatic rings. The summed E-state index contributed by atoms with van der Waals surface area (Å²) in [5.74, 6) is 1.25. The summed E-state index contributed by atoms with van der Waals surface area (Å²) >= 11 is 13.5. The van der Waals surface area contributed by atoms with E-state index in [1.54, 1.807) is 24.3 Å². The summed E-state index contributed by atoms with van der Waals surface area (Å²) in [5.41, 5.74) is 1.19. The Kier molecular flexibility index (Phi) is 8.82. The third-order valence-corrected chi connectivity index (χ3v) is 5.78. The van der Waals surface area contributed by atoms with Gasteiger partial charge in [-0.3, -0.25) is 9.36 Å². The van der Waals surface area contributed by atoms with Gasteiger partial charge in [-0.25, -0.2) is 0 Å². The summed E-state index contributed by atoms with van der Waals surface area (Å²) < 4.78 is 7.62. The molecule has 162 valence electrons. The van der Waals surface area contributed by atoms with Crippen LogP contribution in [0.25, 0.3) is 0 Å². The predicted molar refractivity (Wildman–Crippen MR) is 125 cm³/mol. The van der Waals surface area contributed by atoms with Crippen LogP contribution in [0.3, 0.4) is 0 Å². The lowest BCUT2D eigenvalue weighted by Gasteiger charge is -2.10. The molecular formula is C22H22Cl2N4O2S. The fourth-order valence-corrected chi connectivity index (χ4v) is 3.88. The van der Waals surface area contributed by atoms with Gasteiger partial charge in [0.1, 0.15) is 12.4 Å². The number of ether oxygens (including phenoxy) is 1. The van der Waals surface area contributed by atoms with E-state index in [2.05, 4.69) is 22.1 Å². The number of halogens is 2. The topological polar surface area (TPSA) is 69.0 Å². The molecule has 2 aromatic carbocycles. The molecule has 0 aliphatic rings. The van der Waals surface area contributed by atoms with Crippen molar-refractivity contribution in [2.75, 3.05) is 12.3 Å².